The van der Waals surface area contributed by atoms with Gasteiger partial charge in [-0.05, 0) is 25.0 Å². The number of aromatic nitrogens is 2. The Bertz CT molecular complexity index is 1240. The number of rotatable bonds is 8. The lowest BCUT2D eigenvalue weighted by molar-refractivity contribution is -0.131. The average Bonchev–Trinajstić information content (AvgIpc) is 3.30. The molecule has 0 fully saturated rings. The van der Waals surface area contributed by atoms with Gasteiger partial charge < -0.3 is 15.2 Å². The second-order valence-electron chi connectivity index (χ2n) is 8.35. The maximum Gasteiger partial charge on any atom is 0.243 e. The summed E-state index contributed by atoms with van der Waals surface area (Å²) in [5.74, 6) is -0.201. The molecular formula is C28H28N4O2S. The average molecular weight is 485 g/mol. The third-order valence-corrected chi connectivity index (χ3v) is 6.53. The number of nitrogens with one attached hydrogen (secondary N) is 2. The molecule has 0 saturated heterocycles. The number of aromatic amines is 1. The number of carbonyl (C=O) groups excluding carboxylic acids is 2. The fraction of sp³-hybridized carbons (Fsp3) is 0.179. The predicted molar refractivity (Wildman–Crippen MR) is 142 cm³/mol. The molecule has 0 saturated carbocycles. The summed E-state index contributed by atoms with van der Waals surface area (Å²) in [5, 5.41) is 3.58. The van der Waals surface area contributed by atoms with E-state index in [9.17, 15) is 9.59 Å². The van der Waals surface area contributed by atoms with Crippen LogP contribution in [-0.4, -0.2) is 46.0 Å². The van der Waals surface area contributed by atoms with Crippen molar-refractivity contribution in [1.82, 2.24) is 14.9 Å². The second-order valence-corrected chi connectivity index (χ2v) is 9.32. The molecule has 0 spiro atoms. The van der Waals surface area contributed by atoms with Crippen LogP contribution >= 0.6 is 11.8 Å². The van der Waals surface area contributed by atoms with Gasteiger partial charge in [0.2, 0.25) is 11.8 Å². The maximum absolute atomic E-state index is 12.8. The number of imidazole rings is 1. The van der Waals surface area contributed by atoms with E-state index in [1.54, 1.807) is 7.05 Å². The number of para-hydroxylation sites is 1. The standard InChI is InChI=1S/C28H28N4O2S/c1-19-11-10-12-20(2)25(19)29-23(33)17-32(3)24(34)18-35-28-30-26(21-13-6-4-7-14-21)27(31-28)22-15-8-5-9-16-22/h4-16H,17-18H2,1-3H3,(H,29,33)(H,30,31). The minimum absolute atomic E-state index is 0.0180. The third kappa shape index (κ3) is 6.00. The van der Waals surface area contributed by atoms with Crippen molar-refractivity contribution in [2.75, 3.05) is 24.7 Å². The zero-order chi connectivity index (χ0) is 24.8. The smallest absolute Gasteiger partial charge is 0.243 e. The zero-order valence-corrected chi connectivity index (χ0v) is 20.9. The van der Waals surface area contributed by atoms with Crippen molar-refractivity contribution in [2.24, 2.45) is 0 Å². The molecule has 1 heterocycles. The monoisotopic (exact) mass is 484 g/mol. The largest absolute Gasteiger partial charge is 0.336 e. The molecule has 0 bridgehead atoms. The van der Waals surface area contributed by atoms with Gasteiger partial charge in [0.05, 0.1) is 23.7 Å². The summed E-state index contributed by atoms with van der Waals surface area (Å²) < 4.78 is 0. The van der Waals surface area contributed by atoms with Crippen molar-refractivity contribution >= 4 is 29.3 Å². The highest BCUT2D eigenvalue weighted by Crippen LogP contribution is 2.32. The SMILES string of the molecule is Cc1cccc(C)c1NC(=O)CN(C)C(=O)CSc1nc(-c2ccccc2)c(-c2ccccc2)[nH]1. The molecule has 0 atom stereocenters. The molecular weight excluding hydrogens is 456 g/mol. The van der Waals surface area contributed by atoms with E-state index < -0.39 is 0 Å². The topological polar surface area (TPSA) is 78.1 Å². The Hall–Kier alpha value is -3.84. The first-order chi connectivity index (χ1) is 16.9. The lowest BCUT2D eigenvalue weighted by Gasteiger charge is -2.17. The Balaban J connectivity index is 1.42. The molecule has 2 N–H and O–H groups in total. The van der Waals surface area contributed by atoms with Crippen LogP contribution in [0.5, 0.6) is 0 Å². The summed E-state index contributed by atoms with van der Waals surface area (Å²) in [5.41, 5.74) is 6.55. The molecule has 3 aromatic carbocycles. The summed E-state index contributed by atoms with van der Waals surface area (Å²) >= 11 is 1.33. The first-order valence-corrected chi connectivity index (χ1v) is 12.3. The number of hydrogen-bond acceptors (Lipinski definition) is 4. The molecule has 35 heavy (non-hydrogen) atoms. The van der Waals surface area contributed by atoms with Crippen molar-refractivity contribution in [3.05, 3.63) is 90.0 Å². The van der Waals surface area contributed by atoms with Crippen LogP contribution in [0.2, 0.25) is 0 Å². The highest BCUT2D eigenvalue weighted by atomic mass is 32.2. The Morgan fingerprint density at radius 3 is 2.11 bits per heavy atom. The first-order valence-electron chi connectivity index (χ1n) is 11.4. The van der Waals surface area contributed by atoms with Gasteiger partial charge in [-0.15, -0.1) is 0 Å². The van der Waals surface area contributed by atoms with Gasteiger partial charge in [-0.25, -0.2) is 4.98 Å². The lowest BCUT2D eigenvalue weighted by Crippen LogP contribution is -2.36. The predicted octanol–water partition coefficient (Wildman–Crippen LogP) is 5.55. The van der Waals surface area contributed by atoms with Crippen LogP contribution in [0.1, 0.15) is 11.1 Å². The van der Waals surface area contributed by atoms with Crippen molar-refractivity contribution < 1.29 is 9.59 Å². The number of benzene rings is 3. The van der Waals surface area contributed by atoms with Crippen LogP contribution < -0.4 is 5.32 Å². The zero-order valence-electron chi connectivity index (χ0n) is 20.0. The van der Waals surface area contributed by atoms with Gasteiger partial charge >= 0.3 is 0 Å². The van der Waals surface area contributed by atoms with Gasteiger partial charge in [-0.3, -0.25) is 9.59 Å². The molecule has 0 aliphatic carbocycles. The fourth-order valence-electron chi connectivity index (χ4n) is 3.77. The second kappa shape index (κ2) is 11.1. The Kier molecular flexibility index (Phi) is 7.67. The van der Waals surface area contributed by atoms with Crippen LogP contribution in [0, 0.1) is 13.8 Å². The quantitative estimate of drug-likeness (QED) is 0.322. The molecule has 4 aromatic rings. The van der Waals surface area contributed by atoms with Gasteiger partial charge in [0, 0.05) is 23.9 Å². The summed E-state index contributed by atoms with van der Waals surface area (Å²) in [7, 11) is 1.64. The number of carbonyl (C=O) groups is 2. The van der Waals surface area contributed by atoms with E-state index >= 15 is 0 Å². The number of likely N-dealkylation sites (N-methyl/N-ethyl adjacent to an activating group) is 1. The highest BCUT2D eigenvalue weighted by molar-refractivity contribution is 7.99. The van der Waals surface area contributed by atoms with Gasteiger partial charge in [0.1, 0.15) is 0 Å². The van der Waals surface area contributed by atoms with Crippen LogP contribution in [-0.2, 0) is 9.59 Å². The number of hydrogen-bond donors (Lipinski definition) is 2. The summed E-state index contributed by atoms with van der Waals surface area (Å²) in [6.07, 6.45) is 0. The van der Waals surface area contributed by atoms with E-state index in [1.807, 2.05) is 92.7 Å². The third-order valence-electron chi connectivity index (χ3n) is 5.68. The highest BCUT2D eigenvalue weighted by Gasteiger charge is 2.18. The molecule has 1 aromatic heterocycles. The molecule has 0 aliphatic heterocycles. The van der Waals surface area contributed by atoms with Gasteiger partial charge in [-0.2, -0.15) is 0 Å². The van der Waals surface area contributed by atoms with Crippen LogP contribution in [0.15, 0.2) is 84.0 Å². The Morgan fingerprint density at radius 1 is 0.886 bits per heavy atom. The van der Waals surface area contributed by atoms with Crippen LogP contribution in [0.4, 0.5) is 5.69 Å². The van der Waals surface area contributed by atoms with E-state index in [1.165, 1.54) is 16.7 Å². The lowest BCUT2D eigenvalue weighted by atomic mass is 10.1. The number of H-pyrrole nitrogens is 1. The first kappa shape index (κ1) is 24.3. The van der Waals surface area contributed by atoms with E-state index in [-0.39, 0.29) is 24.1 Å². The van der Waals surface area contributed by atoms with Gasteiger partial charge in [0.25, 0.3) is 0 Å². The molecule has 4 rings (SSSR count). The minimum Gasteiger partial charge on any atom is -0.336 e. The minimum atomic E-state index is -0.223. The van der Waals surface area contributed by atoms with E-state index in [0.717, 1.165) is 39.3 Å². The maximum atomic E-state index is 12.8. The van der Waals surface area contributed by atoms with E-state index in [4.69, 9.17) is 4.98 Å². The Morgan fingerprint density at radius 2 is 1.49 bits per heavy atom. The number of thioether (sulfide) groups is 1. The van der Waals surface area contributed by atoms with Crippen molar-refractivity contribution in [1.29, 1.82) is 0 Å². The van der Waals surface area contributed by atoms with E-state index in [0.29, 0.717) is 5.16 Å². The Labute approximate surface area is 209 Å². The molecule has 0 aliphatic rings. The van der Waals surface area contributed by atoms with Crippen molar-refractivity contribution in [2.45, 2.75) is 19.0 Å². The molecule has 178 valence electrons. The van der Waals surface area contributed by atoms with Crippen LogP contribution in [0.25, 0.3) is 22.5 Å². The molecule has 0 unspecified atom stereocenters. The molecule has 7 heteroatoms. The van der Waals surface area contributed by atoms with Crippen molar-refractivity contribution in [3.8, 4) is 22.5 Å². The summed E-state index contributed by atoms with van der Waals surface area (Å²) in [6, 6.07) is 25.8. The van der Waals surface area contributed by atoms with E-state index in [2.05, 4.69) is 10.3 Å². The van der Waals surface area contributed by atoms with Gasteiger partial charge in [0.15, 0.2) is 5.16 Å². The van der Waals surface area contributed by atoms with Crippen LogP contribution in [0.3, 0.4) is 0 Å². The summed E-state index contributed by atoms with van der Waals surface area (Å²) in [4.78, 5) is 34.9. The summed E-state index contributed by atoms with van der Waals surface area (Å²) in [6.45, 7) is 3.88. The molecule has 2 amide bonds. The number of aryl methyl sites for hydroxylation is 2. The number of nitrogens with zero attached hydrogens (tertiary/aromatic N) is 2. The number of anilines is 1. The number of amides is 2. The van der Waals surface area contributed by atoms with Crippen molar-refractivity contribution in [3.63, 3.8) is 0 Å². The molecule has 6 nitrogen and oxygen atoms in total. The fourth-order valence-corrected chi connectivity index (χ4v) is 4.58. The molecule has 0 radical (unpaired) electrons. The normalized spacial score (nSPS) is 10.7. The van der Waals surface area contributed by atoms with Gasteiger partial charge in [-0.1, -0.05) is 90.6 Å².